The summed E-state index contributed by atoms with van der Waals surface area (Å²) in [5.41, 5.74) is 4.83. The molecule has 0 aliphatic carbocycles. The van der Waals surface area contributed by atoms with Crippen LogP contribution in [0.1, 0.15) is 0 Å². The maximum absolute atomic E-state index is 10.1. The Morgan fingerprint density at radius 3 is 2.80 bits per heavy atom. The van der Waals surface area contributed by atoms with Crippen molar-refractivity contribution >= 4 is 5.91 Å². The lowest BCUT2D eigenvalue weighted by atomic mass is 10.4. The van der Waals surface area contributed by atoms with Crippen LogP contribution >= 0.6 is 0 Å². The van der Waals surface area contributed by atoms with Gasteiger partial charge in [0.15, 0.2) is 0 Å². The molecule has 3 heteroatoms. The van der Waals surface area contributed by atoms with E-state index in [-0.39, 0.29) is 0 Å². The number of carbonyl (C=O) groups excluding carboxylic acids is 1. The number of hydrogen-bond donors (Lipinski definition) is 2. The second kappa shape index (κ2) is 6.04. The van der Waals surface area contributed by atoms with Crippen LogP contribution in [-0.2, 0) is 4.79 Å². The van der Waals surface area contributed by atoms with E-state index in [0.29, 0.717) is 6.54 Å². The summed E-state index contributed by atoms with van der Waals surface area (Å²) in [4.78, 5) is 10.1. The zero-order valence-corrected chi connectivity index (χ0v) is 5.84. The fraction of sp³-hybridized carbons (Fsp3) is 0.286. The molecule has 0 atom stereocenters. The van der Waals surface area contributed by atoms with Gasteiger partial charge in [0, 0.05) is 13.1 Å². The molecule has 0 heterocycles. The molecule has 56 valence electrons. The predicted molar refractivity (Wildman–Crippen MR) is 41.4 cm³/mol. The van der Waals surface area contributed by atoms with E-state index in [1.54, 1.807) is 12.2 Å². The topological polar surface area (TPSA) is 55.1 Å². The zero-order chi connectivity index (χ0) is 7.82. The Bertz CT molecular complexity index is 141. The third kappa shape index (κ3) is 6.91. The van der Waals surface area contributed by atoms with Gasteiger partial charge in [-0.3, -0.25) is 4.79 Å². The van der Waals surface area contributed by atoms with Crippen molar-refractivity contribution in [1.29, 1.82) is 0 Å². The molecule has 10 heavy (non-hydrogen) atoms. The lowest BCUT2D eigenvalue weighted by Crippen LogP contribution is -2.14. The summed E-state index contributed by atoms with van der Waals surface area (Å²) in [6.45, 7) is 4.90. The maximum Gasteiger partial charge on any atom is 0.241 e. The van der Waals surface area contributed by atoms with Gasteiger partial charge < -0.3 is 11.1 Å². The number of amides is 1. The Hall–Kier alpha value is -1.09. The molecule has 3 N–H and O–H groups in total. The van der Waals surface area contributed by atoms with Crippen molar-refractivity contribution in [3.63, 3.8) is 0 Å². The highest BCUT2D eigenvalue weighted by molar-refractivity contribution is 5.85. The molecule has 0 rings (SSSR count). The van der Waals surface area contributed by atoms with Gasteiger partial charge in [0.1, 0.15) is 0 Å². The first-order valence-corrected chi connectivity index (χ1v) is 3.05. The summed E-state index contributed by atoms with van der Waals surface area (Å²) < 4.78 is 0. The predicted octanol–water partition coefficient (Wildman–Crippen LogP) is -0.197. The molecule has 0 aromatic heterocycles. The molecule has 0 aromatic carbocycles. The normalized spacial score (nSPS) is 10.0. The van der Waals surface area contributed by atoms with Gasteiger partial charge >= 0.3 is 0 Å². The van der Waals surface area contributed by atoms with Crippen molar-refractivity contribution < 1.29 is 4.79 Å². The van der Waals surface area contributed by atoms with Gasteiger partial charge in [-0.2, -0.15) is 0 Å². The maximum atomic E-state index is 10.1. The van der Waals surface area contributed by atoms with E-state index in [1.165, 1.54) is 6.08 Å². The summed E-state index contributed by atoms with van der Waals surface area (Å²) in [5, 5.41) is 2.98. The van der Waals surface area contributed by atoms with Crippen molar-refractivity contribution in [2.45, 2.75) is 0 Å². The van der Waals surface area contributed by atoms with E-state index in [4.69, 9.17) is 5.73 Å². The van der Waals surface area contributed by atoms with E-state index in [2.05, 4.69) is 11.9 Å². The Kier molecular flexibility index (Phi) is 5.38. The molecule has 0 aromatic rings. The highest BCUT2D eigenvalue weighted by Gasteiger charge is 1.80. The molecular formula is C7H12N2O. The summed E-state index contributed by atoms with van der Waals surface area (Å²) in [5.74, 6) is -0.416. The van der Waals surface area contributed by atoms with Crippen molar-refractivity contribution in [1.82, 2.24) is 5.32 Å². The quantitative estimate of drug-likeness (QED) is 0.316. The molecule has 0 radical (unpaired) electrons. The third-order valence-electron chi connectivity index (χ3n) is 0.833. The molecule has 1 amide bonds. The van der Waals surface area contributed by atoms with E-state index in [9.17, 15) is 4.79 Å². The molecular weight excluding hydrogens is 128 g/mol. The molecule has 0 saturated carbocycles. The Morgan fingerprint density at radius 1 is 1.60 bits per heavy atom. The number of nitrogens with one attached hydrogen (secondary N) is 1. The third-order valence-corrected chi connectivity index (χ3v) is 0.833. The highest BCUT2D eigenvalue weighted by Crippen LogP contribution is 1.68. The standard InChI is InChI=1S/C7H12N2O/c1-2-5-9-6-3-4-7(8)10/h2-4,9H,1,5-6H2,(H2,8,10)/b4-3+. The van der Waals surface area contributed by atoms with E-state index < -0.39 is 5.91 Å². The molecule has 3 nitrogen and oxygen atoms in total. The Labute approximate surface area is 60.6 Å². The van der Waals surface area contributed by atoms with Crippen LogP contribution in [0.2, 0.25) is 0 Å². The second-order valence-corrected chi connectivity index (χ2v) is 1.75. The van der Waals surface area contributed by atoms with Crippen LogP contribution in [0.15, 0.2) is 24.8 Å². The minimum Gasteiger partial charge on any atom is -0.366 e. The highest BCUT2D eigenvalue weighted by atomic mass is 16.1. The average Bonchev–Trinajstić information content (AvgIpc) is 1.87. The van der Waals surface area contributed by atoms with Crippen molar-refractivity contribution in [2.24, 2.45) is 5.73 Å². The molecule has 0 bridgehead atoms. The SMILES string of the molecule is C=CCNC/C=C/C(N)=O. The van der Waals surface area contributed by atoms with Gasteiger partial charge in [0.25, 0.3) is 0 Å². The first-order valence-electron chi connectivity index (χ1n) is 3.05. The number of rotatable bonds is 5. The minimum atomic E-state index is -0.416. The summed E-state index contributed by atoms with van der Waals surface area (Å²) in [7, 11) is 0. The van der Waals surface area contributed by atoms with E-state index in [0.717, 1.165) is 6.54 Å². The largest absolute Gasteiger partial charge is 0.366 e. The second-order valence-electron chi connectivity index (χ2n) is 1.75. The van der Waals surface area contributed by atoms with Gasteiger partial charge in [-0.05, 0) is 6.08 Å². The average molecular weight is 140 g/mol. The monoisotopic (exact) mass is 140 g/mol. The van der Waals surface area contributed by atoms with Gasteiger partial charge in [0.2, 0.25) is 5.91 Å². The van der Waals surface area contributed by atoms with Gasteiger partial charge in [-0.1, -0.05) is 12.2 Å². The van der Waals surface area contributed by atoms with Crippen LogP contribution in [0.25, 0.3) is 0 Å². The fourth-order valence-electron chi connectivity index (χ4n) is 0.444. The van der Waals surface area contributed by atoms with Crippen molar-refractivity contribution in [2.75, 3.05) is 13.1 Å². The van der Waals surface area contributed by atoms with Crippen LogP contribution in [0.4, 0.5) is 0 Å². The fourth-order valence-corrected chi connectivity index (χ4v) is 0.444. The molecule has 0 aliphatic heterocycles. The van der Waals surface area contributed by atoms with Crippen LogP contribution in [0.3, 0.4) is 0 Å². The number of carbonyl (C=O) groups is 1. The van der Waals surface area contributed by atoms with E-state index in [1.807, 2.05) is 0 Å². The molecule has 0 saturated heterocycles. The first-order chi connectivity index (χ1) is 4.77. The van der Waals surface area contributed by atoms with Crippen LogP contribution in [0, 0.1) is 0 Å². The van der Waals surface area contributed by atoms with Crippen molar-refractivity contribution in [3.8, 4) is 0 Å². The first kappa shape index (κ1) is 8.91. The summed E-state index contributed by atoms with van der Waals surface area (Å²) in [6, 6.07) is 0. The molecule has 0 spiro atoms. The number of hydrogen-bond acceptors (Lipinski definition) is 2. The van der Waals surface area contributed by atoms with Crippen molar-refractivity contribution in [3.05, 3.63) is 24.8 Å². The van der Waals surface area contributed by atoms with Gasteiger partial charge in [-0.25, -0.2) is 0 Å². The van der Waals surface area contributed by atoms with Crippen LogP contribution < -0.4 is 11.1 Å². The zero-order valence-electron chi connectivity index (χ0n) is 5.84. The lowest BCUT2D eigenvalue weighted by molar-refractivity contribution is -0.113. The van der Waals surface area contributed by atoms with Gasteiger partial charge in [0.05, 0.1) is 0 Å². The Balaban J connectivity index is 3.18. The number of nitrogens with two attached hydrogens (primary N) is 1. The van der Waals surface area contributed by atoms with E-state index >= 15 is 0 Å². The smallest absolute Gasteiger partial charge is 0.241 e. The molecule has 0 aliphatic rings. The van der Waals surface area contributed by atoms with Crippen LogP contribution in [0.5, 0.6) is 0 Å². The summed E-state index contributed by atoms with van der Waals surface area (Å²) in [6.07, 6.45) is 4.75. The Morgan fingerprint density at radius 2 is 2.30 bits per heavy atom. The lowest BCUT2D eigenvalue weighted by Gasteiger charge is -1.91. The molecule has 0 fully saturated rings. The van der Waals surface area contributed by atoms with Gasteiger partial charge in [-0.15, -0.1) is 6.58 Å². The number of primary amides is 1. The summed E-state index contributed by atoms with van der Waals surface area (Å²) >= 11 is 0. The van der Waals surface area contributed by atoms with Crippen LogP contribution in [-0.4, -0.2) is 19.0 Å². The minimum absolute atomic E-state index is 0.416. The molecule has 0 unspecified atom stereocenters.